The van der Waals surface area contributed by atoms with Crippen molar-refractivity contribution < 1.29 is 23.9 Å². The van der Waals surface area contributed by atoms with Gasteiger partial charge in [0.05, 0.1) is 11.5 Å². The van der Waals surface area contributed by atoms with Gasteiger partial charge in [-0.15, -0.1) is 11.8 Å². The maximum Gasteiger partial charge on any atom is 0.330 e. The molecule has 0 saturated carbocycles. The fraction of sp³-hybridized carbons (Fsp3) is 0.458. The van der Waals surface area contributed by atoms with Crippen LogP contribution in [0.1, 0.15) is 48.4 Å². The van der Waals surface area contributed by atoms with Crippen LogP contribution in [0, 0.1) is 13.8 Å². The van der Waals surface area contributed by atoms with Gasteiger partial charge in [0.15, 0.2) is 6.61 Å². The van der Waals surface area contributed by atoms with E-state index in [0.717, 1.165) is 29.2 Å². The number of carbonyl (C=O) groups is 3. The van der Waals surface area contributed by atoms with E-state index in [9.17, 15) is 14.4 Å². The molecule has 32 heavy (non-hydrogen) atoms. The maximum absolute atomic E-state index is 12.9. The molecule has 2 aliphatic rings. The van der Waals surface area contributed by atoms with E-state index < -0.39 is 12.0 Å². The van der Waals surface area contributed by atoms with Gasteiger partial charge in [0.2, 0.25) is 11.7 Å². The van der Waals surface area contributed by atoms with Crippen LogP contribution in [0.25, 0.3) is 5.69 Å². The Balaban J connectivity index is 1.45. The van der Waals surface area contributed by atoms with E-state index in [-0.39, 0.29) is 23.2 Å². The van der Waals surface area contributed by atoms with Gasteiger partial charge in [-0.05, 0) is 64.4 Å². The van der Waals surface area contributed by atoms with Gasteiger partial charge in [-0.1, -0.05) is 0 Å². The van der Waals surface area contributed by atoms with Gasteiger partial charge < -0.3 is 18.9 Å². The largest absolute Gasteiger partial charge is 0.494 e. The van der Waals surface area contributed by atoms with Crippen LogP contribution in [-0.4, -0.2) is 57.0 Å². The molecule has 2 fully saturated rings. The van der Waals surface area contributed by atoms with Gasteiger partial charge in [0.1, 0.15) is 11.8 Å². The van der Waals surface area contributed by atoms with E-state index in [2.05, 4.69) is 0 Å². The standard InChI is InChI=1S/C24H28N2O5S/c1-5-30-18-8-6-17(7-9-18)25-15(2)12-19(16(25)3)21(27)13-31-23(29)20-14-32-24(4)11-10-22(28)26(20)24/h6-9,12,20H,5,10-11,13-14H2,1-4H3/t20-,24+/m0/s1. The smallest absolute Gasteiger partial charge is 0.330 e. The van der Waals surface area contributed by atoms with Crippen molar-refractivity contribution in [3.63, 3.8) is 0 Å². The molecule has 4 rings (SSSR count). The Morgan fingerprint density at radius 3 is 2.62 bits per heavy atom. The molecule has 0 unspecified atom stereocenters. The van der Waals surface area contributed by atoms with Gasteiger partial charge in [-0.3, -0.25) is 9.59 Å². The first-order valence-electron chi connectivity index (χ1n) is 10.8. The molecule has 0 spiro atoms. The van der Waals surface area contributed by atoms with Crippen molar-refractivity contribution in [1.29, 1.82) is 0 Å². The van der Waals surface area contributed by atoms with E-state index in [1.54, 1.807) is 16.7 Å². The van der Waals surface area contributed by atoms with Gasteiger partial charge in [0, 0.05) is 34.8 Å². The predicted molar refractivity (Wildman–Crippen MR) is 122 cm³/mol. The van der Waals surface area contributed by atoms with Crippen LogP contribution in [0.15, 0.2) is 30.3 Å². The van der Waals surface area contributed by atoms with Crippen molar-refractivity contribution in [2.24, 2.45) is 0 Å². The summed E-state index contributed by atoms with van der Waals surface area (Å²) in [5.41, 5.74) is 3.14. The minimum Gasteiger partial charge on any atom is -0.494 e. The second kappa shape index (κ2) is 8.65. The molecule has 0 radical (unpaired) electrons. The molecular formula is C24H28N2O5S. The van der Waals surface area contributed by atoms with Crippen LogP contribution in [0.5, 0.6) is 5.75 Å². The molecule has 7 nitrogen and oxygen atoms in total. The van der Waals surface area contributed by atoms with Gasteiger partial charge in [0.25, 0.3) is 0 Å². The van der Waals surface area contributed by atoms with Crippen LogP contribution in [-0.2, 0) is 14.3 Å². The van der Waals surface area contributed by atoms with Crippen molar-refractivity contribution in [3.8, 4) is 11.4 Å². The summed E-state index contributed by atoms with van der Waals surface area (Å²) in [5.74, 6) is 0.501. The lowest BCUT2D eigenvalue weighted by molar-refractivity contribution is -0.152. The summed E-state index contributed by atoms with van der Waals surface area (Å²) in [6, 6.07) is 8.88. The number of ether oxygens (including phenoxy) is 2. The normalized spacial score (nSPS) is 22.2. The van der Waals surface area contributed by atoms with Crippen molar-refractivity contribution in [3.05, 3.63) is 47.3 Å². The highest BCUT2D eigenvalue weighted by molar-refractivity contribution is 8.01. The average molecular weight is 457 g/mol. The first-order valence-corrected chi connectivity index (χ1v) is 11.8. The van der Waals surface area contributed by atoms with Crippen molar-refractivity contribution in [2.75, 3.05) is 19.0 Å². The van der Waals surface area contributed by atoms with E-state index in [4.69, 9.17) is 9.47 Å². The molecule has 2 aromatic rings. The number of aromatic nitrogens is 1. The summed E-state index contributed by atoms with van der Waals surface area (Å²) >= 11 is 1.60. The summed E-state index contributed by atoms with van der Waals surface area (Å²) in [6.45, 7) is 7.99. The Morgan fingerprint density at radius 2 is 1.94 bits per heavy atom. The molecule has 8 heteroatoms. The number of benzene rings is 1. The highest BCUT2D eigenvalue weighted by atomic mass is 32.2. The topological polar surface area (TPSA) is 77.8 Å². The van der Waals surface area contributed by atoms with Crippen LogP contribution in [0.2, 0.25) is 0 Å². The lowest BCUT2D eigenvalue weighted by atomic mass is 10.1. The zero-order chi connectivity index (χ0) is 23.0. The summed E-state index contributed by atoms with van der Waals surface area (Å²) in [5, 5.41) is 0. The summed E-state index contributed by atoms with van der Waals surface area (Å²) in [6.07, 6.45) is 1.18. The number of hydrogen-bond acceptors (Lipinski definition) is 6. The molecule has 2 atom stereocenters. The lowest BCUT2D eigenvalue weighted by Gasteiger charge is -2.29. The number of carbonyl (C=O) groups excluding carboxylic acids is 3. The molecule has 0 bridgehead atoms. The Labute approximate surface area is 192 Å². The number of nitrogens with zero attached hydrogens (tertiary/aromatic N) is 2. The molecular weight excluding hydrogens is 428 g/mol. The monoisotopic (exact) mass is 456 g/mol. The van der Waals surface area contributed by atoms with Crippen LogP contribution < -0.4 is 4.74 Å². The zero-order valence-corrected chi connectivity index (χ0v) is 19.7. The number of thioether (sulfide) groups is 1. The summed E-state index contributed by atoms with van der Waals surface area (Å²) < 4.78 is 12.9. The third-order valence-corrected chi connectivity index (χ3v) is 7.71. The number of aryl methyl sites for hydroxylation is 1. The van der Waals surface area contributed by atoms with E-state index >= 15 is 0 Å². The highest BCUT2D eigenvalue weighted by Crippen LogP contribution is 2.47. The molecule has 2 aliphatic heterocycles. The number of Topliss-reactive ketones (excluding diaryl/α,β-unsaturated/α-hetero) is 1. The molecule has 3 heterocycles. The molecule has 1 aromatic heterocycles. The molecule has 2 saturated heterocycles. The van der Waals surface area contributed by atoms with Crippen molar-refractivity contribution in [2.45, 2.75) is 51.4 Å². The van der Waals surface area contributed by atoms with Gasteiger partial charge in [-0.2, -0.15) is 0 Å². The van der Waals surface area contributed by atoms with Crippen molar-refractivity contribution in [1.82, 2.24) is 9.47 Å². The second-order valence-corrected chi connectivity index (χ2v) is 9.85. The van der Waals surface area contributed by atoms with Crippen molar-refractivity contribution >= 4 is 29.4 Å². The van der Waals surface area contributed by atoms with Gasteiger partial charge in [-0.25, -0.2) is 4.79 Å². The number of rotatable bonds is 7. The molecule has 0 N–H and O–H groups in total. The first-order chi connectivity index (χ1) is 15.2. The Hall–Kier alpha value is -2.74. The van der Waals surface area contributed by atoms with Crippen LogP contribution >= 0.6 is 11.8 Å². The second-order valence-electron chi connectivity index (χ2n) is 8.34. The first kappa shape index (κ1) is 22.5. The van der Waals surface area contributed by atoms with Crippen LogP contribution in [0.4, 0.5) is 0 Å². The molecule has 170 valence electrons. The van der Waals surface area contributed by atoms with Gasteiger partial charge >= 0.3 is 5.97 Å². The molecule has 1 aromatic carbocycles. The fourth-order valence-corrected chi connectivity index (χ4v) is 6.02. The Morgan fingerprint density at radius 1 is 1.22 bits per heavy atom. The average Bonchev–Trinajstić information content (AvgIpc) is 3.37. The van der Waals surface area contributed by atoms with E-state index in [0.29, 0.717) is 24.3 Å². The zero-order valence-electron chi connectivity index (χ0n) is 18.8. The molecule has 0 aliphatic carbocycles. The Bertz CT molecular complexity index is 1060. The third kappa shape index (κ3) is 3.92. The predicted octanol–water partition coefficient (Wildman–Crippen LogP) is 3.67. The lowest BCUT2D eigenvalue weighted by Crippen LogP contribution is -2.46. The van der Waals surface area contributed by atoms with Crippen LogP contribution in [0.3, 0.4) is 0 Å². The number of hydrogen-bond donors (Lipinski definition) is 0. The van der Waals surface area contributed by atoms with E-state index in [1.165, 1.54) is 0 Å². The number of fused-ring (bicyclic) bond motifs is 1. The minimum absolute atomic E-state index is 0.0234. The Kier molecular flexibility index (Phi) is 6.07. The van der Waals surface area contributed by atoms with E-state index in [1.807, 2.05) is 62.6 Å². The third-order valence-electron chi connectivity index (χ3n) is 6.20. The number of ketones is 1. The number of esters is 1. The fourth-order valence-electron chi connectivity index (χ4n) is 4.61. The number of amides is 1. The summed E-state index contributed by atoms with van der Waals surface area (Å²) in [7, 11) is 0. The maximum atomic E-state index is 12.9. The quantitative estimate of drug-likeness (QED) is 0.467. The highest BCUT2D eigenvalue weighted by Gasteiger charge is 2.53. The SMILES string of the molecule is CCOc1ccc(-n2c(C)cc(C(=O)COC(=O)[C@@H]3CS[C@]4(C)CCC(=O)N34)c2C)cc1. The molecule has 1 amide bonds. The summed E-state index contributed by atoms with van der Waals surface area (Å²) in [4.78, 5) is 39.1. The minimum atomic E-state index is -0.621.